The van der Waals surface area contributed by atoms with Crippen molar-refractivity contribution in [3.8, 4) is 0 Å². The Morgan fingerprint density at radius 1 is 1.00 bits per heavy atom. The Kier molecular flexibility index (Phi) is 6.99. The highest BCUT2D eigenvalue weighted by Gasteiger charge is 2.32. The summed E-state index contributed by atoms with van der Waals surface area (Å²) in [5.41, 5.74) is -0.367. The van der Waals surface area contributed by atoms with Crippen LogP contribution in [-0.4, -0.2) is 22.2 Å². The number of carboxylic acids is 2. The maximum absolute atomic E-state index is 12.7. The summed E-state index contributed by atoms with van der Waals surface area (Å²) in [5.74, 6) is -2.95. The summed E-state index contributed by atoms with van der Waals surface area (Å²) in [6.45, 7) is 0.551. The highest BCUT2D eigenvalue weighted by Crippen LogP contribution is 2.31. The molecule has 0 bridgehead atoms. The minimum atomic E-state index is -4.32. The third-order valence-corrected chi connectivity index (χ3v) is 2.70. The number of hydrogen-bond donors (Lipinski definition) is 3. The lowest BCUT2D eigenvalue weighted by Gasteiger charge is -2.12. The van der Waals surface area contributed by atoms with Crippen LogP contribution < -0.4 is 5.32 Å². The van der Waals surface area contributed by atoms with Crippen molar-refractivity contribution in [3.63, 3.8) is 0 Å². The lowest BCUT2D eigenvalue weighted by Crippen LogP contribution is -2.17. The van der Waals surface area contributed by atoms with E-state index in [-0.39, 0.29) is 12.1 Å². The minimum Gasteiger partial charge on any atom is -0.473 e. The normalized spacial score (nSPS) is 10.6. The number of hydrogen-bond acceptors (Lipinski definition) is 4. The van der Waals surface area contributed by atoms with Crippen LogP contribution in [0.5, 0.6) is 0 Å². The first-order valence-electron chi connectivity index (χ1n) is 6.56. The molecule has 0 saturated carbocycles. The molecule has 6 nitrogen and oxygen atoms in total. The Labute approximate surface area is 134 Å². The molecule has 0 fully saturated rings. The maximum atomic E-state index is 12.7. The zero-order valence-electron chi connectivity index (χ0n) is 12.2. The van der Waals surface area contributed by atoms with Gasteiger partial charge in [0.25, 0.3) is 0 Å². The van der Waals surface area contributed by atoms with E-state index in [1.165, 1.54) is 18.4 Å². The zero-order chi connectivity index (χ0) is 18.2. The average Bonchev–Trinajstić information content (AvgIpc) is 3.00. The summed E-state index contributed by atoms with van der Waals surface area (Å²) in [5, 5.41) is 17.7. The van der Waals surface area contributed by atoms with Crippen LogP contribution in [0.3, 0.4) is 0 Å². The summed E-state index contributed by atoms with van der Waals surface area (Å²) in [6.07, 6.45) is -2.79. The first-order chi connectivity index (χ1) is 11.2. The zero-order valence-corrected chi connectivity index (χ0v) is 12.2. The van der Waals surface area contributed by atoms with Crippen LogP contribution in [0.1, 0.15) is 16.9 Å². The highest BCUT2D eigenvalue weighted by molar-refractivity contribution is 6.27. The first-order valence-corrected chi connectivity index (χ1v) is 6.56. The van der Waals surface area contributed by atoms with E-state index in [4.69, 9.17) is 24.2 Å². The molecule has 0 aliphatic heterocycles. The molecule has 1 aromatic carbocycles. The Morgan fingerprint density at radius 3 is 2.12 bits per heavy atom. The van der Waals surface area contributed by atoms with Gasteiger partial charge in [-0.2, -0.15) is 13.2 Å². The largest absolute Gasteiger partial charge is 0.473 e. The van der Waals surface area contributed by atoms with Crippen LogP contribution in [0.25, 0.3) is 0 Å². The Morgan fingerprint density at radius 2 is 1.62 bits per heavy atom. The summed E-state index contributed by atoms with van der Waals surface area (Å²) in [7, 11) is 0. The van der Waals surface area contributed by atoms with Crippen molar-refractivity contribution in [2.24, 2.45) is 0 Å². The van der Waals surface area contributed by atoms with Gasteiger partial charge in [-0.3, -0.25) is 0 Å². The molecule has 0 aliphatic carbocycles. The maximum Gasteiger partial charge on any atom is 0.416 e. The topological polar surface area (TPSA) is 99.8 Å². The van der Waals surface area contributed by atoms with Gasteiger partial charge in [-0.25, -0.2) is 9.59 Å². The predicted octanol–water partition coefficient (Wildman–Crippen LogP) is 2.74. The lowest BCUT2D eigenvalue weighted by molar-refractivity contribution is -0.159. The number of aliphatic carboxylic acids is 2. The van der Waals surface area contributed by atoms with Crippen molar-refractivity contribution >= 4 is 11.9 Å². The second-order valence-corrected chi connectivity index (χ2v) is 4.45. The molecular formula is C15H14F3NO5. The van der Waals surface area contributed by atoms with Crippen LogP contribution in [-0.2, 0) is 28.9 Å². The molecule has 3 N–H and O–H groups in total. The summed E-state index contributed by atoms with van der Waals surface area (Å²) < 4.78 is 43.2. The standard InChI is InChI=1S/C13H12F3NO.C2H2O4/c14-13(15,16)12-6-2-1-4-10(12)8-17-9-11-5-3-7-18-11;3-1(4)2(5)6/h1-7,17H,8-9H2;(H,3,4)(H,5,6). The fourth-order valence-corrected chi connectivity index (χ4v) is 1.68. The minimum absolute atomic E-state index is 0.149. The van der Waals surface area contributed by atoms with E-state index in [9.17, 15) is 13.2 Å². The van der Waals surface area contributed by atoms with Crippen molar-refractivity contribution in [2.75, 3.05) is 0 Å². The molecule has 2 rings (SSSR count). The molecular weight excluding hydrogens is 331 g/mol. The van der Waals surface area contributed by atoms with E-state index in [0.29, 0.717) is 12.3 Å². The molecule has 0 aliphatic rings. The molecule has 2 aromatic rings. The number of carboxylic acid groups (broad SMARTS) is 2. The summed E-state index contributed by atoms with van der Waals surface area (Å²) in [6, 6.07) is 9.04. The molecule has 1 heterocycles. The second kappa shape index (κ2) is 8.73. The van der Waals surface area contributed by atoms with E-state index < -0.39 is 23.7 Å². The van der Waals surface area contributed by atoms with Crippen LogP contribution in [0.4, 0.5) is 13.2 Å². The summed E-state index contributed by atoms with van der Waals surface area (Å²) >= 11 is 0. The Hall–Kier alpha value is -2.81. The van der Waals surface area contributed by atoms with E-state index >= 15 is 0 Å². The van der Waals surface area contributed by atoms with Gasteiger partial charge in [0.05, 0.1) is 18.4 Å². The number of furan rings is 1. The monoisotopic (exact) mass is 345 g/mol. The fourth-order valence-electron chi connectivity index (χ4n) is 1.68. The molecule has 130 valence electrons. The van der Waals surface area contributed by atoms with Crippen molar-refractivity contribution in [2.45, 2.75) is 19.3 Å². The highest BCUT2D eigenvalue weighted by atomic mass is 19.4. The number of carbonyl (C=O) groups is 2. The van der Waals surface area contributed by atoms with Crippen molar-refractivity contribution < 1.29 is 37.4 Å². The predicted molar refractivity (Wildman–Crippen MR) is 76.0 cm³/mol. The van der Waals surface area contributed by atoms with Gasteiger partial charge >= 0.3 is 18.1 Å². The number of benzene rings is 1. The van der Waals surface area contributed by atoms with Crippen molar-refractivity contribution in [1.82, 2.24) is 5.32 Å². The number of halogens is 3. The van der Waals surface area contributed by atoms with E-state index in [1.54, 1.807) is 18.2 Å². The molecule has 0 unspecified atom stereocenters. The van der Waals surface area contributed by atoms with E-state index in [1.807, 2.05) is 0 Å². The fraction of sp³-hybridized carbons (Fsp3) is 0.200. The van der Waals surface area contributed by atoms with Gasteiger partial charge in [-0.05, 0) is 23.8 Å². The number of alkyl halides is 3. The molecule has 0 atom stereocenters. The van der Waals surface area contributed by atoms with Gasteiger partial charge in [0.15, 0.2) is 0 Å². The molecule has 0 radical (unpaired) electrons. The smallest absolute Gasteiger partial charge is 0.416 e. The van der Waals surface area contributed by atoms with Crippen LogP contribution >= 0.6 is 0 Å². The first kappa shape index (κ1) is 19.2. The quantitative estimate of drug-likeness (QED) is 0.737. The molecule has 24 heavy (non-hydrogen) atoms. The van der Waals surface area contributed by atoms with Gasteiger partial charge in [0, 0.05) is 6.54 Å². The summed E-state index contributed by atoms with van der Waals surface area (Å²) in [4.78, 5) is 18.2. The van der Waals surface area contributed by atoms with Gasteiger partial charge in [-0.15, -0.1) is 0 Å². The Balaban J connectivity index is 0.000000413. The third-order valence-electron chi connectivity index (χ3n) is 2.70. The van der Waals surface area contributed by atoms with Gasteiger partial charge in [0.2, 0.25) is 0 Å². The van der Waals surface area contributed by atoms with Crippen LogP contribution in [0, 0.1) is 0 Å². The average molecular weight is 345 g/mol. The van der Waals surface area contributed by atoms with Crippen molar-refractivity contribution in [1.29, 1.82) is 0 Å². The molecule has 1 aromatic heterocycles. The van der Waals surface area contributed by atoms with Gasteiger partial charge in [0.1, 0.15) is 5.76 Å². The molecule has 0 saturated heterocycles. The molecule has 9 heteroatoms. The van der Waals surface area contributed by atoms with Gasteiger partial charge in [-0.1, -0.05) is 18.2 Å². The third kappa shape index (κ3) is 6.53. The number of rotatable bonds is 4. The van der Waals surface area contributed by atoms with Crippen LogP contribution in [0.2, 0.25) is 0 Å². The second-order valence-electron chi connectivity index (χ2n) is 4.45. The molecule has 0 spiro atoms. The van der Waals surface area contributed by atoms with Crippen molar-refractivity contribution in [3.05, 3.63) is 59.5 Å². The number of nitrogens with one attached hydrogen (secondary N) is 1. The Bertz CT molecular complexity index is 656. The van der Waals surface area contributed by atoms with E-state index in [0.717, 1.165) is 6.07 Å². The SMILES string of the molecule is FC(F)(F)c1ccccc1CNCc1ccco1.O=C(O)C(=O)O. The lowest BCUT2D eigenvalue weighted by atomic mass is 10.1. The van der Waals surface area contributed by atoms with E-state index in [2.05, 4.69) is 5.32 Å². The van der Waals surface area contributed by atoms with Gasteiger partial charge < -0.3 is 19.9 Å². The molecule has 0 amide bonds. The van der Waals surface area contributed by atoms with Crippen LogP contribution in [0.15, 0.2) is 47.1 Å².